The minimum Gasteiger partial charge on any atom is -0.496 e. The molecule has 0 bridgehead atoms. The van der Waals surface area contributed by atoms with Gasteiger partial charge < -0.3 is 15.4 Å². The molecule has 1 aliphatic rings. The van der Waals surface area contributed by atoms with Crippen LogP contribution in [-0.2, 0) is 0 Å². The van der Waals surface area contributed by atoms with Crippen LogP contribution in [0.15, 0.2) is 54.6 Å². The van der Waals surface area contributed by atoms with Gasteiger partial charge in [0.1, 0.15) is 5.75 Å². The second-order valence-corrected chi connectivity index (χ2v) is 5.59. The Kier molecular flexibility index (Phi) is 4.11. The number of carbonyl (C=O) groups is 1. The highest BCUT2D eigenvalue weighted by molar-refractivity contribution is 5.97. The number of amides is 1. The van der Waals surface area contributed by atoms with Gasteiger partial charge in [-0.3, -0.25) is 4.79 Å². The Bertz CT molecular complexity index is 657. The average molecular weight is 296 g/mol. The van der Waals surface area contributed by atoms with Crippen molar-refractivity contribution in [3.63, 3.8) is 0 Å². The van der Waals surface area contributed by atoms with E-state index in [1.807, 2.05) is 35.2 Å². The summed E-state index contributed by atoms with van der Waals surface area (Å²) in [7, 11) is 1.58. The number of hydrogen-bond donors (Lipinski definition) is 1. The monoisotopic (exact) mass is 296 g/mol. The number of ether oxygens (including phenoxy) is 1. The Labute approximate surface area is 130 Å². The maximum atomic E-state index is 12.7. The number of likely N-dealkylation sites (tertiary alicyclic amines) is 1. The van der Waals surface area contributed by atoms with Gasteiger partial charge in [0.05, 0.1) is 12.7 Å². The molecule has 0 unspecified atom stereocenters. The Morgan fingerprint density at radius 2 is 1.77 bits per heavy atom. The third-order valence-electron chi connectivity index (χ3n) is 4.22. The van der Waals surface area contributed by atoms with E-state index in [0.29, 0.717) is 24.4 Å². The molecular weight excluding hydrogens is 276 g/mol. The highest BCUT2D eigenvalue weighted by Gasteiger charge is 2.34. The predicted molar refractivity (Wildman–Crippen MR) is 86.1 cm³/mol. The predicted octanol–water partition coefficient (Wildman–Crippen LogP) is 2.26. The third kappa shape index (κ3) is 2.70. The summed E-state index contributed by atoms with van der Waals surface area (Å²) in [6.07, 6.45) is 0. The zero-order chi connectivity index (χ0) is 15.5. The van der Waals surface area contributed by atoms with Crippen LogP contribution >= 0.6 is 0 Å². The number of nitrogens with zero attached hydrogens (tertiary/aromatic N) is 1. The first-order chi connectivity index (χ1) is 10.7. The molecular formula is C18H20N2O2. The zero-order valence-electron chi connectivity index (χ0n) is 12.6. The Balaban J connectivity index is 1.81. The molecule has 0 aromatic heterocycles. The van der Waals surface area contributed by atoms with Gasteiger partial charge >= 0.3 is 0 Å². The van der Waals surface area contributed by atoms with E-state index >= 15 is 0 Å². The van der Waals surface area contributed by atoms with Crippen LogP contribution in [-0.4, -0.2) is 37.0 Å². The van der Waals surface area contributed by atoms with Crippen LogP contribution in [0.3, 0.4) is 0 Å². The maximum Gasteiger partial charge on any atom is 0.257 e. The number of hydrogen-bond acceptors (Lipinski definition) is 3. The van der Waals surface area contributed by atoms with Crippen LogP contribution in [0.2, 0.25) is 0 Å². The van der Waals surface area contributed by atoms with E-state index in [4.69, 9.17) is 10.5 Å². The Morgan fingerprint density at radius 3 is 2.50 bits per heavy atom. The number of benzene rings is 2. The van der Waals surface area contributed by atoms with Crippen LogP contribution in [0.5, 0.6) is 5.75 Å². The van der Waals surface area contributed by atoms with Crippen molar-refractivity contribution in [1.29, 1.82) is 0 Å². The molecule has 1 fully saturated rings. The number of carbonyl (C=O) groups excluding carboxylic acids is 1. The van der Waals surface area contributed by atoms with Gasteiger partial charge in [0, 0.05) is 25.0 Å². The van der Waals surface area contributed by atoms with Gasteiger partial charge in [-0.25, -0.2) is 0 Å². The second-order valence-electron chi connectivity index (χ2n) is 5.59. The van der Waals surface area contributed by atoms with Crippen molar-refractivity contribution in [1.82, 2.24) is 4.90 Å². The van der Waals surface area contributed by atoms with Gasteiger partial charge in [-0.05, 0) is 17.7 Å². The first-order valence-corrected chi connectivity index (χ1v) is 7.43. The van der Waals surface area contributed by atoms with Crippen LogP contribution in [0.4, 0.5) is 0 Å². The summed E-state index contributed by atoms with van der Waals surface area (Å²) in [6, 6.07) is 17.4. The van der Waals surface area contributed by atoms with E-state index in [9.17, 15) is 4.79 Å². The Morgan fingerprint density at radius 1 is 1.09 bits per heavy atom. The molecule has 0 radical (unpaired) electrons. The molecule has 4 heteroatoms. The smallest absolute Gasteiger partial charge is 0.257 e. The van der Waals surface area contributed by atoms with Crippen LogP contribution in [0.25, 0.3) is 0 Å². The maximum absolute atomic E-state index is 12.7. The molecule has 2 aromatic rings. The van der Waals surface area contributed by atoms with E-state index in [2.05, 4.69) is 12.1 Å². The lowest BCUT2D eigenvalue weighted by molar-refractivity contribution is 0.0786. The number of nitrogens with two attached hydrogens (primary N) is 1. The van der Waals surface area contributed by atoms with E-state index in [-0.39, 0.29) is 17.9 Å². The van der Waals surface area contributed by atoms with Crippen molar-refractivity contribution >= 4 is 5.91 Å². The summed E-state index contributed by atoms with van der Waals surface area (Å²) in [5.41, 5.74) is 8.04. The topological polar surface area (TPSA) is 55.6 Å². The standard InChI is InChI=1S/C18H20N2O2/c1-22-17-10-6-5-9-14(17)18(21)20-11-15(16(19)12-20)13-7-3-2-4-8-13/h2-10,15-16H,11-12,19H2,1H3/t15-,16+/m0/s1. The molecule has 0 saturated carbocycles. The quantitative estimate of drug-likeness (QED) is 0.945. The largest absolute Gasteiger partial charge is 0.496 e. The molecule has 2 atom stereocenters. The molecule has 114 valence electrons. The fourth-order valence-corrected chi connectivity index (χ4v) is 3.04. The van der Waals surface area contributed by atoms with Crippen molar-refractivity contribution < 1.29 is 9.53 Å². The van der Waals surface area contributed by atoms with Crippen molar-refractivity contribution in [2.75, 3.05) is 20.2 Å². The highest BCUT2D eigenvalue weighted by Crippen LogP contribution is 2.29. The number of rotatable bonds is 3. The average Bonchev–Trinajstić information content (AvgIpc) is 2.97. The minimum absolute atomic E-state index is 0.0219. The van der Waals surface area contributed by atoms with Gasteiger partial charge in [0.2, 0.25) is 0 Å². The van der Waals surface area contributed by atoms with Crippen LogP contribution in [0, 0.1) is 0 Å². The second kappa shape index (κ2) is 6.20. The van der Waals surface area contributed by atoms with Crippen LogP contribution in [0.1, 0.15) is 21.8 Å². The van der Waals surface area contributed by atoms with Gasteiger partial charge in [-0.15, -0.1) is 0 Å². The van der Waals surface area contributed by atoms with Crippen molar-refractivity contribution in [3.05, 3.63) is 65.7 Å². The van der Waals surface area contributed by atoms with Gasteiger partial charge in [0.25, 0.3) is 5.91 Å². The number of methoxy groups -OCH3 is 1. The minimum atomic E-state index is -0.0407. The van der Waals surface area contributed by atoms with Gasteiger partial charge in [-0.1, -0.05) is 42.5 Å². The first-order valence-electron chi connectivity index (χ1n) is 7.43. The van der Waals surface area contributed by atoms with E-state index in [0.717, 1.165) is 0 Å². The number of para-hydroxylation sites is 1. The lowest BCUT2D eigenvalue weighted by Crippen LogP contribution is -2.32. The molecule has 3 rings (SSSR count). The fraction of sp³-hybridized carbons (Fsp3) is 0.278. The lowest BCUT2D eigenvalue weighted by atomic mass is 9.95. The van der Waals surface area contributed by atoms with Crippen molar-refractivity contribution in [2.45, 2.75) is 12.0 Å². The summed E-state index contributed by atoms with van der Waals surface area (Å²) in [6.45, 7) is 1.21. The Hall–Kier alpha value is -2.33. The molecule has 1 heterocycles. The molecule has 1 saturated heterocycles. The van der Waals surface area contributed by atoms with Crippen molar-refractivity contribution in [2.24, 2.45) is 5.73 Å². The highest BCUT2D eigenvalue weighted by atomic mass is 16.5. The molecule has 2 N–H and O–H groups in total. The zero-order valence-corrected chi connectivity index (χ0v) is 12.6. The molecule has 2 aromatic carbocycles. The third-order valence-corrected chi connectivity index (χ3v) is 4.22. The SMILES string of the molecule is COc1ccccc1C(=O)N1C[C@@H](N)[C@H](c2ccccc2)C1. The van der Waals surface area contributed by atoms with E-state index < -0.39 is 0 Å². The van der Waals surface area contributed by atoms with E-state index in [1.165, 1.54) is 5.56 Å². The van der Waals surface area contributed by atoms with Crippen molar-refractivity contribution in [3.8, 4) is 5.75 Å². The molecule has 0 aliphatic carbocycles. The van der Waals surface area contributed by atoms with Gasteiger partial charge in [0.15, 0.2) is 0 Å². The lowest BCUT2D eigenvalue weighted by Gasteiger charge is -2.18. The van der Waals surface area contributed by atoms with E-state index in [1.54, 1.807) is 19.2 Å². The summed E-state index contributed by atoms with van der Waals surface area (Å²) < 4.78 is 5.29. The summed E-state index contributed by atoms with van der Waals surface area (Å²) in [5.74, 6) is 0.760. The fourth-order valence-electron chi connectivity index (χ4n) is 3.04. The first kappa shape index (κ1) is 14.6. The molecule has 0 spiro atoms. The molecule has 4 nitrogen and oxygen atoms in total. The molecule has 1 aliphatic heterocycles. The van der Waals surface area contributed by atoms with Crippen LogP contribution < -0.4 is 10.5 Å². The molecule has 1 amide bonds. The summed E-state index contributed by atoms with van der Waals surface area (Å²) in [5, 5.41) is 0. The van der Waals surface area contributed by atoms with Gasteiger partial charge in [-0.2, -0.15) is 0 Å². The normalized spacial score (nSPS) is 20.9. The summed E-state index contributed by atoms with van der Waals surface area (Å²) >= 11 is 0. The summed E-state index contributed by atoms with van der Waals surface area (Å²) in [4.78, 5) is 14.6. The molecule has 22 heavy (non-hydrogen) atoms.